The van der Waals surface area contributed by atoms with Crippen LogP contribution in [-0.4, -0.2) is 36.0 Å². The summed E-state index contributed by atoms with van der Waals surface area (Å²) in [5, 5.41) is 0. The van der Waals surface area contributed by atoms with Gasteiger partial charge in [-0.15, -0.1) is 0 Å². The van der Waals surface area contributed by atoms with Crippen LogP contribution in [0, 0.1) is 0 Å². The molecule has 1 aliphatic rings. The van der Waals surface area contributed by atoms with Crippen molar-refractivity contribution in [2.24, 2.45) is 0 Å². The lowest BCUT2D eigenvalue weighted by Crippen LogP contribution is -2.34. The molecule has 1 unspecified atom stereocenters. The maximum Gasteiger partial charge on any atom is 0.226 e. The smallest absolute Gasteiger partial charge is 0.226 e. The van der Waals surface area contributed by atoms with Crippen molar-refractivity contribution < 1.29 is 14.3 Å². The lowest BCUT2D eigenvalue weighted by molar-refractivity contribution is -0.142. The fraction of sp³-hybridized carbons (Fsp3) is 0.867. The third-order valence-corrected chi connectivity index (χ3v) is 3.57. The minimum Gasteiger partial charge on any atom is -0.373 e. The zero-order valence-electron chi connectivity index (χ0n) is 12.3. The number of amides is 2. The molecule has 0 aromatic rings. The van der Waals surface area contributed by atoms with Crippen LogP contribution in [0.3, 0.4) is 0 Å². The normalized spacial score (nSPS) is 17.3. The van der Waals surface area contributed by atoms with E-state index in [9.17, 15) is 9.59 Å². The van der Waals surface area contributed by atoms with E-state index in [1.807, 2.05) is 0 Å². The molecule has 0 saturated carbocycles. The van der Waals surface area contributed by atoms with E-state index in [2.05, 4.69) is 0 Å². The van der Waals surface area contributed by atoms with Crippen LogP contribution in [-0.2, 0) is 14.3 Å². The highest BCUT2D eigenvalue weighted by Gasteiger charge is 2.20. The summed E-state index contributed by atoms with van der Waals surface area (Å²) < 4.78 is 5.17. The first-order chi connectivity index (χ1) is 9.11. The third-order valence-electron chi connectivity index (χ3n) is 3.57. The number of hydrogen-bond donors (Lipinski definition) is 0. The van der Waals surface area contributed by atoms with E-state index in [0.29, 0.717) is 12.6 Å². The van der Waals surface area contributed by atoms with E-state index in [0.717, 1.165) is 19.4 Å². The van der Waals surface area contributed by atoms with Crippen molar-refractivity contribution in [3.8, 4) is 0 Å². The summed E-state index contributed by atoms with van der Waals surface area (Å²) in [6, 6.07) is 0. The molecule has 4 heteroatoms. The third kappa shape index (κ3) is 7.98. The lowest BCUT2D eigenvalue weighted by Gasteiger charge is -2.16. The van der Waals surface area contributed by atoms with Gasteiger partial charge in [-0.25, -0.2) is 0 Å². The molecule has 1 aliphatic heterocycles. The Bertz CT molecular complexity index is 273. The minimum atomic E-state index is -0.144. The molecule has 0 bridgehead atoms. The maximum absolute atomic E-state index is 11.2. The summed E-state index contributed by atoms with van der Waals surface area (Å²) in [7, 11) is 0. The van der Waals surface area contributed by atoms with E-state index in [1.165, 1.54) is 57.3 Å². The second kappa shape index (κ2) is 9.08. The highest BCUT2D eigenvalue weighted by Crippen LogP contribution is 2.18. The molecule has 0 aromatic carbocycles. The zero-order chi connectivity index (χ0) is 14.1. The van der Waals surface area contributed by atoms with Gasteiger partial charge < -0.3 is 4.74 Å². The largest absolute Gasteiger partial charge is 0.373 e. The Hall–Kier alpha value is -0.900. The topological polar surface area (TPSA) is 49.9 Å². The van der Waals surface area contributed by atoms with Gasteiger partial charge in [0, 0.05) is 20.4 Å². The standard InChI is InChI=1S/C15H27NO3/c1-13(17)16(14(2)18)11-9-7-5-3-4-6-8-10-15-12-19-15/h15H,3-12H2,1-2H3. The molecule has 1 rings (SSSR count). The summed E-state index contributed by atoms with van der Waals surface area (Å²) in [6.07, 6.45) is 10.2. The van der Waals surface area contributed by atoms with Crippen molar-refractivity contribution in [3.05, 3.63) is 0 Å². The number of hydrogen-bond acceptors (Lipinski definition) is 3. The van der Waals surface area contributed by atoms with Gasteiger partial charge in [0.05, 0.1) is 12.7 Å². The number of ether oxygens (including phenoxy) is 1. The van der Waals surface area contributed by atoms with Crippen LogP contribution in [0.1, 0.15) is 65.2 Å². The van der Waals surface area contributed by atoms with E-state index >= 15 is 0 Å². The van der Waals surface area contributed by atoms with Crippen LogP contribution >= 0.6 is 0 Å². The van der Waals surface area contributed by atoms with Crippen LogP contribution in [0.15, 0.2) is 0 Å². The second-order valence-electron chi connectivity index (χ2n) is 5.41. The first kappa shape index (κ1) is 16.2. The molecule has 1 saturated heterocycles. The van der Waals surface area contributed by atoms with E-state index in [1.54, 1.807) is 0 Å². The average molecular weight is 269 g/mol. The number of imide groups is 1. The van der Waals surface area contributed by atoms with Crippen LogP contribution in [0.2, 0.25) is 0 Å². The Morgan fingerprint density at radius 2 is 1.42 bits per heavy atom. The molecule has 1 fully saturated rings. The summed E-state index contributed by atoms with van der Waals surface area (Å²) in [5.41, 5.74) is 0. The van der Waals surface area contributed by atoms with Crippen LogP contribution in [0.25, 0.3) is 0 Å². The monoisotopic (exact) mass is 269 g/mol. The van der Waals surface area contributed by atoms with E-state index in [-0.39, 0.29) is 11.8 Å². The fourth-order valence-electron chi connectivity index (χ4n) is 2.30. The number of epoxide rings is 1. The molecule has 0 aliphatic carbocycles. The summed E-state index contributed by atoms with van der Waals surface area (Å²) in [4.78, 5) is 23.7. The highest BCUT2D eigenvalue weighted by molar-refractivity contribution is 5.92. The van der Waals surface area contributed by atoms with Gasteiger partial charge in [-0.3, -0.25) is 14.5 Å². The Labute approximate surface area is 116 Å². The van der Waals surface area contributed by atoms with Gasteiger partial charge in [0.1, 0.15) is 0 Å². The van der Waals surface area contributed by atoms with Gasteiger partial charge >= 0.3 is 0 Å². The first-order valence-electron chi connectivity index (χ1n) is 7.51. The van der Waals surface area contributed by atoms with Crippen LogP contribution in [0.5, 0.6) is 0 Å². The van der Waals surface area contributed by atoms with Gasteiger partial charge in [-0.2, -0.15) is 0 Å². The molecule has 0 radical (unpaired) electrons. The van der Waals surface area contributed by atoms with E-state index in [4.69, 9.17) is 4.74 Å². The summed E-state index contributed by atoms with van der Waals surface area (Å²) in [6.45, 7) is 4.45. The minimum absolute atomic E-state index is 0.144. The van der Waals surface area contributed by atoms with Crippen LogP contribution in [0.4, 0.5) is 0 Å². The second-order valence-corrected chi connectivity index (χ2v) is 5.41. The van der Waals surface area contributed by atoms with Crippen molar-refractivity contribution in [3.63, 3.8) is 0 Å². The Kier molecular flexibility index (Phi) is 7.72. The lowest BCUT2D eigenvalue weighted by atomic mass is 10.1. The van der Waals surface area contributed by atoms with Crippen molar-refractivity contribution in [2.75, 3.05) is 13.2 Å². The Morgan fingerprint density at radius 3 is 1.89 bits per heavy atom. The van der Waals surface area contributed by atoms with Gasteiger partial charge in [0.15, 0.2) is 0 Å². The fourth-order valence-corrected chi connectivity index (χ4v) is 2.30. The van der Waals surface area contributed by atoms with Crippen LogP contribution < -0.4 is 0 Å². The number of nitrogens with zero attached hydrogens (tertiary/aromatic N) is 1. The van der Waals surface area contributed by atoms with E-state index < -0.39 is 0 Å². The molecule has 2 amide bonds. The van der Waals surface area contributed by atoms with Gasteiger partial charge in [-0.05, 0) is 12.8 Å². The number of unbranched alkanes of at least 4 members (excludes halogenated alkanes) is 6. The molecular formula is C15H27NO3. The first-order valence-corrected chi connectivity index (χ1v) is 7.51. The molecule has 19 heavy (non-hydrogen) atoms. The van der Waals surface area contributed by atoms with Gasteiger partial charge in [-0.1, -0.05) is 38.5 Å². The van der Waals surface area contributed by atoms with Crippen molar-refractivity contribution in [2.45, 2.75) is 71.3 Å². The SMILES string of the molecule is CC(=O)N(CCCCCCCCCC1CO1)C(C)=O. The zero-order valence-corrected chi connectivity index (χ0v) is 12.3. The van der Waals surface area contributed by atoms with Crippen molar-refractivity contribution in [1.29, 1.82) is 0 Å². The average Bonchev–Trinajstić information content (AvgIpc) is 3.14. The summed E-state index contributed by atoms with van der Waals surface area (Å²) in [5.74, 6) is -0.287. The van der Waals surface area contributed by atoms with Gasteiger partial charge in [0.25, 0.3) is 0 Å². The predicted octanol–water partition coefficient (Wildman–Crippen LogP) is 2.90. The predicted molar refractivity (Wildman–Crippen MR) is 74.7 cm³/mol. The Morgan fingerprint density at radius 1 is 0.947 bits per heavy atom. The molecule has 1 heterocycles. The number of carbonyl (C=O) groups is 2. The number of rotatable bonds is 10. The Balaban J connectivity index is 1.86. The van der Waals surface area contributed by atoms with Crippen molar-refractivity contribution in [1.82, 2.24) is 4.90 Å². The summed E-state index contributed by atoms with van der Waals surface area (Å²) >= 11 is 0. The molecule has 1 atom stereocenters. The van der Waals surface area contributed by atoms with Crippen molar-refractivity contribution >= 4 is 11.8 Å². The molecule has 0 aromatic heterocycles. The maximum atomic E-state index is 11.2. The quantitative estimate of drug-likeness (QED) is 0.452. The molecule has 4 nitrogen and oxygen atoms in total. The molecule has 0 spiro atoms. The number of carbonyl (C=O) groups excluding carboxylic acids is 2. The highest BCUT2D eigenvalue weighted by atomic mass is 16.6. The molecule has 0 N–H and O–H groups in total. The molecular weight excluding hydrogens is 242 g/mol. The molecule has 110 valence electrons. The van der Waals surface area contributed by atoms with Gasteiger partial charge in [0.2, 0.25) is 11.8 Å².